The molecule has 0 spiro atoms. The molecule has 1 unspecified atom stereocenters. The molecule has 0 aliphatic rings. The predicted octanol–water partition coefficient (Wildman–Crippen LogP) is 3.82. The number of ether oxygens (including phenoxy) is 1. The Bertz CT molecular complexity index is 750. The quantitative estimate of drug-likeness (QED) is 0.488. The number of carbonyl (C=O) groups is 1. The number of benzene rings is 2. The molecule has 1 atom stereocenters. The number of carbonyl (C=O) groups excluding carboxylic acids is 1. The highest BCUT2D eigenvalue weighted by Gasteiger charge is 2.24. The lowest BCUT2D eigenvalue weighted by Crippen LogP contribution is -2.27. The molecule has 0 aliphatic heterocycles. The third kappa shape index (κ3) is 3.86. The van der Waals surface area contributed by atoms with E-state index >= 15 is 0 Å². The second-order valence-corrected chi connectivity index (χ2v) is 5.94. The van der Waals surface area contributed by atoms with E-state index in [4.69, 9.17) is 4.74 Å². The number of amides is 1. The summed E-state index contributed by atoms with van der Waals surface area (Å²) >= 11 is 1.36. The lowest BCUT2D eigenvalue weighted by molar-refractivity contribution is -0.385. The predicted molar refractivity (Wildman–Crippen MR) is 93.8 cm³/mol. The molecule has 0 saturated heterocycles. The topological polar surface area (TPSA) is 81.5 Å². The Morgan fingerprint density at radius 1 is 1.29 bits per heavy atom. The van der Waals surface area contributed by atoms with Crippen molar-refractivity contribution in [2.24, 2.45) is 0 Å². The van der Waals surface area contributed by atoms with Crippen molar-refractivity contribution in [1.82, 2.24) is 5.32 Å². The number of nitro benzene ring substituents is 1. The van der Waals surface area contributed by atoms with E-state index in [1.54, 1.807) is 0 Å². The van der Waals surface area contributed by atoms with Crippen LogP contribution in [-0.2, 0) is 0 Å². The number of methoxy groups -OCH3 is 1. The lowest BCUT2D eigenvalue weighted by atomic mass is 10.1. The summed E-state index contributed by atoms with van der Waals surface area (Å²) < 4.78 is 5.16. The van der Waals surface area contributed by atoms with Gasteiger partial charge in [0.15, 0.2) is 0 Å². The van der Waals surface area contributed by atoms with Crippen LogP contribution in [0.15, 0.2) is 47.4 Å². The molecule has 6 nitrogen and oxygen atoms in total. The van der Waals surface area contributed by atoms with Crippen LogP contribution < -0.4 is 10.1 Å². The van der Waals surface area contributed by atoms with Gasteiger partial charge in [-0.05, 0) is 24.8 Å². The minimum atomic E-state index is -0.575. The number of nitrogens with zero attached hydrogens (tertiary/aromatic N) is 1. The van der Waals surface area contributed by atoms with Crippen molar-refractivity contribution >= 4 is 23.4 Å². The van der Waals surface area contributed by atoms with Gasteiger partial charge in [-0.1, -0.05) is 30.3 Å². The fraction of sp³-hybridized carbons (Fsp3) is 0.235. The second kappa shape index (κ2) is 7.83. The molecule has 0 bridgehead atoms. The molecule has 0 saturated carbocycles. The number of hydrogen-bond donors (Lipinski definition) is 1. The SMILES string of the molecule is COc1cc([N+](=O)[O-])c(C(=O)NC(C)c2ccccc2)cc1SC. The van der Waals surface area contributed by atoms with E-state index in [2.05, 4.69) is 5.32 Å². The van der Waals surface area contributed by atoms with Crippen LogP contribution in [0.3, 0.4) is 0 Å². The maximum absolute atomic E-state index is 12.6. The van der Waals surface area contributed by atoms with Crippen molar-refractivity contribution in [3.05, 3.63) is 63.7 Å². The normalized spacial score (nSPS) is 11.6. The molecule has 7 heteroatoms. The van der Waals surface area contributed by atoms with Crippen LogP contribution in [0.25, 0.3) is 0 Å². The first-order valence-electron chi connectivity index (χ1n) is 7.24. The zero-order chi connectivity index (χ0) is 17.7. The highest BCUT2D eigenvalue weighted by Crippen LogP contribution is 2.34. The minimum Gasteiger partial charge on any atom is -0.495 e. The van der Waals surface area contributed by atoms with Crippen LogP contribution in [0, 0.1) is 10.1 Å². The average Bonchev–Trinajstić information content (AvgIpc) is 2.60. The molecule has 0 radical (unpaired) electrons. The molecule has 1 amide bonds. The molecule has 0 heterocycles. The van der Waals surface area contributed by atoms with Crippen LogP contribution in [0.1, 0.15) is 28.9 Å². The maximum atomic E-state index is 12.6. The zero-order valence-electron chi connectivity index (χ0n) is 13.6. The smallest absolute Gasteiger partial charge is 0.285 e. The first-order valence-corrected chi connectivity index (χ1v) is 8.46. The van der Waals surface area contributed by atoms with Gasteiger partial charge in [0.05, 0.1) is 29.0 Å². The zero-order valence-corrected chi connectivity index (χ0v) is 14.4. The Hall–Kier alpha value is -2.54. The van der Waals surface area contributed by atoms with E-state index in [1.807, 2.05) is 43.5 Å². The van der Waals surface area contributed by atoms with Gasteiger partial charge in [0, 0.05) is 0 Å². The van der Waals surface area contributed by atoms with Crippen LogP contribution in [0.4, 0.5) is 5.69 Å². The van der Waals surface area contributed by atoms with E-state index in [0.717, 1.165) is 5.56 Å². The summed E-state index contributed by atoms with van der Waals surface area (Å²) in [6.45, 7) is 1.83. The fourth-order valence-electron chi connectivity index (χ4n) is 2.30. The number of nitrogens with one attached hydrogen (secondary N) is 1. The summed E-state index contributed by atoms with van der Waals surface area (Å²) in [4.78, 5) is 24.0. The van der Waals surface area contributed by atoms with Crippen LogP contribution in [0.2, 0.25) is 0 Å². The molecule has 126 valence electrons. The minimum absolute atomic E-state index is 0.0212. The van der Waals surface area contributed by atoms with Gasteiger partial charge in [-0.25, -0.2) is 0 Å². The van der Waals surface area contributed by atoms with Crippen molar-refractivity contribution in [1.29, 1.82) is 0 Å². The standard InChI is InChI=1S/C17H18N2O4S/c1-11(12-7-5-4-6-8-12)18-17(20)13-9-16(24-3)15(23-2)10-14(13)19(21)22/h4-11H,1-3H3,(H,18,20). The van der Waals surface area contributed by atoms with Crippen molar-refractivity contribution in [2.75, 3.05) is 13.4 Å². The van der Waals surface area contributed by atoms with Crippen LogP contribution in [0.5, 0.6) is 5.75 Å². The van der Waals surface area contributed by atoms with Gasteiger partial charge in [-0.15, -0.1) is 11.8 Å². The maximum Gasteiger partial charge on any atom is 0.285 e. The van der Waals surface area contributed by atoms with Gasteiger partial charge in [-0.3, -0.25) is 14.9 Å². The summed E-state index contributed by atoms with van der Waals surface area (Å²) in [5.74, 6) is -0.113. The van der Waals surface area contributed by atoms with E-state index in [0.29, 0.717) is 10.6 Å². The van der Waals surface area contributed by atoms with Crippen molar-refractivity contribution in [2.45, 2.75) is 17.9 Å². The Kier molecular flexibility index (Phi) is 5.81. The van der Waals surface area contributed by atoms with Gasteiger partial charge in [0.1, 0.15) is 11.3 Å². The van der Waals surface area contributed by atoms with E-state index < -0.39 is 10.8 Å². The van der Waals surface area contributed by atoms with Gasteiger partial charge >= 0.3 is 0 Å². The Morgan fingerprint density at radius 2 is 1.96 bits per heavy atom. The van der Waals surface area contributed by atoms with Crippen LogP contribution in [-0.4, -0.2) is 24.2 Å². The molecule has 0 fully saturated rings. The van der Waals surface area contributed by atoms with Gasteiger partial charge in [-0.2, -0.15) is 0 Å². The highest BCUT2D eigenvalue weighted by atomic mass is 32.2. The molecule has 24 heavy (non-hydrogen) atoms. The van der Waals surface area contributed by atoms with E-state index in [1.165, 1.54) is 31.0 Å². The Morgan fingerprint density at radius 3 is 2.50 bits per heavy atom. The molecule has 0 aromatic heterocycles. The Balaban J connectivity index is 2.35. The van der Waals surface area contributed by atoms with Crippen molar-refractivity contribution in [3.63, 3.8) is 0 Å². The first kappa shape index (κ1) is 17.8. The lowest BCUT2D eigenvalue weighted by Gasteiger charge is -2.15. The number of rotatable bonds is 6. The third-order valence-electron chi connectivity index (χ3n) is 3.59. The number of hydrogen-bond acceptors (Lipinski definition) is 5. The highest BCUT2D eigenvalue weighted by molar-refractivity contribution is 7.98. The molecular weight excluding hydrogens is 328 g/mol. The van der Waals surface area contributed by atoms with Crippen LogP contribution >= 0.6 is 11.8 Å². The van der Waals surface area contributed by atoms with Gasteiger partial charge in [0.2, 0.25) is 0 Å². The van der Waals surface area contributed by atoms with Gasteiger partial charge < -0.3 is 10.1 Å². The fourth-order valence-corrected chi connectivity index (χ4v) is 2.88. The van der Waals surface area contributed by atoms with Crippen molar-refractivity contribution in [3.8, 4) is 5.75 Å². The molecule has 0 aliphatic carbocycles. The second-order valence-electron chi connectivity index (χ2n) is 5.09. The van der Waals surface area contributed by atoms with Gasteiger partial charge in [0.25, 0.3) is 11.6 Å². The van der Waals surface area contributed by atoms with E-state index in [-0.39, 0.29) is 17.3 Å². The number of thioether (sulfide) groups is 1. The molecule has 1 N–H and O–H groups in total. The summed E-state index contributed by atoms with van der Waals surface area (Å²) in [6.07, 6.45) is 1.82. The largest absolute Gasteiger partial charge is 0.495 e. The molecule has 2 rings (SSSR count). The third-order valence-corrected chi connectivity index (χ3v) is 4.35. The summed E-state index contributed by atoms with van der Waals surface area (Å²) in [7, 11) is 1.44. The first-order chi connectivity index (χ1) is 11.5. The summed E-state index contributed by atoms with van der Waals surface area (Å²) in [5.41, 5.74) is 0.669. The molecule has 2 aromatic rings. The van der Waals surface area contributed by atoms with Crippen molar-refractivity contribution < 1.29 is 14.5 Å². The molecule has 2 aromatic carbocycles. The monoisotopic (exact) mass is 346 g/mol. The number of nitro groups is 1. The Labute approximate surface area is 144 Å². The summed E-state index contributed by atoms with van der Waals surface area (Å²) in [6, 6.07) is 11.9. The van der Waals surface area contributed by atoms with E-state index in [9.17, 15) is 14.9 Å². The summed E-state index contributed by atoms with van der Waals surface area (Å²) in [5, 5.41) is 14.1. The molecular formula is C17H18N2O4S. The average molecular weight is 346 g/mol.